The first-order valence-corrected chi connectivity index (χ1v) is 11.4. The van der Waals surface area contributed by atoms with Gasteiger partial charge in [-0.25, -0.2) is 8.42 Å². The van der Waals surface area contributed by atoms with Crippen LogP contribution >= 0.6 is 0 Å². The molecule has 1 saturated heterocycles. The maximum Gasteiger partial charge on any atom is 0.229 e. The Balaban J connectivity index is 1.62. The minimum Gasteiger partial charge on any atom is -0.342 e. The molecule has 0 aromatic heterocycles. The highest BCUT2D eigenvalue weighted by Crippen LogP contribution is 2.30. The normalized spacial score (nSPS) is 21.2. The summed E-state index contributed by atoms with van der Waals surface area (Å²) in [6.07, 6.45) is 5.43. The molecule has 1 aliphatic heterocycles. The molecule has 148 valence electrons. The van der Waals surface area contributed by atoms with Crippen LogP contribution in [0.1, 0.15) is 51.9 Å². The smallest absolute Gasteiger partial charge is 0.229 e. The Morgan fingerprint density at radius 1 is 1.07 bits per heavy atom. The number of anilines is 1. The van der Waals surface area contributed by atoms with E-state index in [4.69, 9.17) is 0 Å². The number of piperidine rings is 1. The van der Waals surface area contributed by atoms with Crippen molar-refractivity contribution in [3.8, 4) is 0 Å². The molecular weight excluding hydrogens is 364 g/mol. The number of carbonyl (C=O) groups is 2. The SMILES string of the molecule is CCC(=O)N1CCCC(C(=O)Nc2ccc(S(=O)(=O)C3CCCC3)cc2)C1. The first kappa shape index (κ1) is 19.9. The fraction of sp³-hybridized carbons (Fsp3) is 0.600. The zero-order chi connectivity index (χ0) is 19.4. The first-order valence-electron chi connectivity index (χ1n) is 9.84. The summed E-state index contributed by atoms with van der Waals surface area (Å²) in [6.45, 7) is 2.99. The Morgan fingerprint density at radius 3 is 2.37 bits per heavy atom. The molecule has 1 saturated carbocycles. The molecule has 3 rings (SSSR count). The third-order valence-electron chi connectivity index (χ3n) is 5.64. The monoisotopic (exact) mass is 392 g/mol. The molecule has 1 aromatic carbocycles. The zero-order valence-corrected chi connectivity index (χ0v) is 16.6. The van der Waals surface area contributed by atoms with Gasteiger partial charge < -0.3 is 10.2 Å². The van der Waals surface area contributed by atoms with Gasteiger partial charge in [0.1, 0.15) is 0 Å². The van der Waals surface area contributed by atoms with E-state index in [1.807, 2.05) is 6.92 Å². The van der Waals surface area contributed by atoms with Crippen molar-refractivity contribution in [2.45, 2.75) is 62.0 Å². The lowest BCUT2D eigenvalue weighted by atomic mass is 9.96. The van der Waals surface area contributed by atoms with Gasteiger partial charge in [0, 0.05) is 25.2 Å². The molecule has 1 aromatic rings. The van der Waals surface area contributed by atoms with Crippen molar-refractivity contribution in [2.24, 2.45) is 5.92 Å². The Labute approximate surface area is 161 Å². The number of sulfone groups is 1. The highest BCUT2D eigenvalue weighted by atomic mass is 32.2. The number of hydrogen-bond acceptors (Lipinski definition) is 4. The molecule has 0 bridgehead atoms. The second-order valence-electron chi connectivity index (χ2n) is 7.50. The van der Waals surface area contributed by atoms with Crippen molar-refractivity contribution in [3.63, 3.8) is 0 Å². The summed E-state index contributed by atoms with van der Waals surface area (Å²) in [5, 5.41) is 2.59. The largest absolute Gasteiger partial charge is 0.342 e. The predicted octanol–water partition coefficient (Wildman–Crippen LogP) is 2.99. The Morgan fingerprint density at radius 2 is 1.74 bits per heavy atom. The number of benzene rings is 1. The molecule has 1 atom stereocenters. The molecule has 27 heavy (non-hydrogen) atoms. The Kier molecular flexibility index (Phi) is 6.19. The average Bonchev–Trinajstić information content (AvgIpc) is 3.23. The van der Waals surface area contributed by atoms with E-state index in [1.165, 1.54) is 0 Å². The summed E-state index contributed by atoms with van der Waals surface area (Å²) in [4.78, 5) is 26.5. The van der Waals surface area contributed by atoms with Gasteiger partial charge in [0.05, 0.1) is 16.1 Å². The van der Waals surface area contributed by atoms with Gasteiger partial charge in [-0.2, -0.15) is 0 Å². The number of likely N-dealkylation sites (tertiary alicyclic amines) is 1. The molecule has 0 spiro atoms. The lowest BCUT2D eigenvalue weighted by molar-refractivity contribution is -0.134. The van der Waals surface area contributed by atoms with Crippen LogP contribution in [0.25, 0.3) is 0 Å². The zero-order valence-electron chi connectivity index (χ0n) is 15.8. The first-order chi connectivity index (χ1) is 12.9. The maximum absolute atomic E-state index is 12.6. The molecule has 2 fully saturated rings. The topological polar surface area (TPSA) is 83.6 Å². The van der Waals surface area contributed by atoms with E-state index < -0.39 is 9.84 Å². The molecule has 2 amide bonds. The molecule has 7 heteroatoms. The summed E-state index contributed by atoms with van der Waals surface area (Å²) in [7, 11) is -3.28. The number of carbonyl (C=O) groups excluding carboxylic acids is 2. The summed E-state index contributed by atoms with van der Waals surface area (Å²) in [5.74, 6) is -0.264. The fourth-order valence-corrected chi connectivity index (χ4v) is 5.86. The predicted molar refractivity (Wildman–Crippen MR) is 104 cm³/mol. The Hall–Kier alpha value is -1.89. The standard InChI is InChI=1S/C20H28N2O4S/c1-2-19(23)22-13-5-6-15(14-22)20(24)21-16-9-11-18(12-10-16)27(25,26)17-7-3-4-8-17/h9-12,15,17H,2-8,13-14H2,1H3,(H,21,24). The van der Waals surface area contributed by atoms with Crippen LogP contribution in [-0.2, 0) is 19.4 Å². The van der Waals surface area contributed by atoms with Gasteiger partial charge in [0.15, 0.2) is 9.84 Å². The van der Waals surface area contributed by atoms with Crippen molar-refractivity contribution >= 4 is 27.3 Å². The van der Waals surface area contributed by atoms with Gasteiger partial charge in [-0.1, -0.05) is 19.8 Å². The highest BCUT2D eigenvalue weighted by molar-refractivity contribution is 7.92. The van der Waals surface area contributed by atoms with Gasteiger partial charge >= 0.3 is 0 Å². The lowest BCUT2D eigenvalue weighted by Crippen LogP contribution is -2.43. The minimum absolute atomic E-state index is 0.0778. The van der Waals surface area contributed by atoms with Crippen molar-refractivity contribution in [1.29, 1.82) is 0 Å². The van der Waals surface area contributed by atoms with Crippen LogP contribution in [0.5, 0.6) is 0 Å². The molecule has 1 N–H and O–H groups in total. The molecule has 1 aliphatic carbocycles. The molecule has 2 aliphatic rings. The average molecular weight is 393 g/mol. The van der Waals surface area contributed by atoms with E-state index in [1.54, 1.807) is 29.2 Å². The van der Waals surface area contributed by atoms with Gasteiger partial charge in [-0.15, -0.1) is 0 Å². The van der Waals surface area contributed by atoms with Crippen molar-refractivity contribution in [3.05, 3.63) is 24.3 Å². The fourth-order valence-electron chi connectivity index (χ4n) is 4.00. The van der Waals surface area contributed by atoms with Crippen molar-refractivity contribution in [1.82, 2.24) is 4.90 Å². The lowest BCUT2D eigenvalue weighted by Gasteiger charge is -2.31. The van der Waals surface area contributed by atoms with E-state index in [0.29, 0.717) is 30.1 Å². The third-order valence-corrected chi connectivity index (χ3v) is 7.92. The summed E-state index contributed by atoms with van der Waals surface area (Å²) in [5.41, 5.74) is 0.587. The molecule has 6 nitrogen and oxygen atoms in total. The third kappa shape index (κ3) is 4.51. The Bertz CT molecular complexity index is 783. The van der Waals surface area contributed by atoms with Crippen LogP contribution in [0.4, 0.5) is 5.69 Å². The van der Waals surface area contributed by atoms with Gasteiger partial charge in [-0.05, 0) is 49.9 Å². The van der Waals surface area contributed by atoms with Crippen LogP contribution in [0, 0.1) is 5.92 Å². The van der Waals surface area contributed by atoms with Crippen LogP contribution < -0.4 is 5.32 Å². The number of amides is 2. The number of nitrogens with one attached hydrogen (secondary N) is 1. The van der Waals surface area contributed by atoms with E-state index >= 15 is 0 Å². The second-order valence-corrected chi connectivity index (χ2v) is 9.73. The summed E-state index contributed by atoms with van der Waals surface area (Å²) < 4.78 is 25.2. The van der Waals surface area contributed by atoms with Gasteiger partial charge in [-0.3, -0.25) is 9.59 Å². The van der Waals surface area contributed by atoms with Crippen LogP contribution in [0.15, 0.2) is 29.2 Å². The second kappa shape index (κ2) is 8.42. The molecule has 1 unspecified atom stereocenters. The van der Waals surface area contributed by atoms with Crippen LogP contribution in [0.2, 0.25) is 0 Å². The number of hydrogen-bond donors (Lipinski definition) is 1. The number of rotatable bonds is 5. The molecule has 1 heterocycles. The maximum atomic E-state index is 12.6. The van der Waals surface area contributed by atoms with E-state index in [9.17, 15) is 18.0 Å². The summed E-state index contributed by atoms with van der Waals surface area (Å²) >= 11 is 0. The highest BCUT2D eigenvalue weighted by Gasteiger charge is 2.30. The number of nitrogens with zero attached hydrogens (tertiary/aromatic N) is 1. The quantitative estimate of drug-likeness (QED) is 0.835. The van der Waals surface area contributed by atoms with E-state index in [2.05, 4.69) is 5.32 Å². The van der Waals surface area contributed by atoms with Crippen LogP contribution in [-0.4, -0.2) is 43.5 Å². The molecular formula is C20H28N2O4S. The van der Waals surface area contributed by atoms with Crippen molar-refractivity contribution in [2.75, 3.05) is 18.4 Å². The van der Waals surface area contributed by atoms with Crippen molar-refractivity contribution < 1.29 is 18.0 Å². The minimum atomic E-state index is -3.28. The molecule has 0 radical (unpaired) electrons. The van der Waals surface area contributed by atoms with Gasteiger partial charge in [0.25, 0.3) is 0 Å². The summed E-state index contributed by atoms with van der Waals surface area (Å²) in [6, 6.07) is 6.46. The van der Waals surface area contributed by atoms with Crippen LogP contribution in [0.3, 0.4) is 0 Å². The van der Waals surface area contributed by atoms with Gasteiger partial charge in [0.2, 0.25) is 11.8 Å². The van der Waals surface area contributed by atoms with E-state index in [-0.39, 0.29) is 23.0 Å². The van der Waals surface area contributed by atoms with E-state index in [0.717, 1.165) is 38.5 Å².